The maximum absolute atomic E-state index is 4.07. The monoisotopic (exact) mass is 205 g/mol. The third-order valence-electron chi connectivity index (χ3n) is 2.51. The molecule has 0 atom stereocenters. The summed E-state index contributed by atoms with van der Waals surface area (Å²) in [7, 11) is 0. The van der Waals surface area contributed by atoms with Gasteiger partial charge in [0.25, 0.3) is 0 Å². The zero-order valence-corrected chi connectivity index (χ0v) is 8.59. The lowest BCUT2D eigenvalue weighted by Crippen LogP contribution is -1.85. The molecule has 0 saturated heterocycles. The molecule has 0 aliphatic heterocycles. The quantitative estimate of drug-likeness (QED) is 0.610. The molecule has 2 aromatic carbocycles. The first-order valence-corrected chi connectivity index (χ1v) is 5.13. The van der Waals surface area contributed by atoms with E-state index in [1.54, 1.807) is 6.20 Å². The largest absolute Gasteiger partial charge is 0.159 e. The third-order valence-corrected chi connectivity index (χ3v) is 2.51. The van der Waals surface area contributed by atoms with Gasteiger partial charge in [-0.25, -0.2) is 0 Å². The number of fused-ring (bicyclic) bond motifs is 1. The van der Waals surface area contributed by atoms with Gasteiger partial charge in [-0.05, 0) is 22.9 Å². The Bertz CT molecular complexity index is 618. The van der Waals surface area contributed by atoms with Crippen molar-refractivity contribution in [1.29, 1.82) is 0 Å². The Morgan fingerprint density at radius 2 is 1.81 bits per heavy atom. The lowest BCUT2D eigenvalue weighted by molar-refractivity contribution is 1.04. The summed E-state index contributed by atoms with van der Waals surface area (Å²) < 4.78 is 0. The van der Waals surface area contributed by atoms with Gasteiger partial charge in [-0.15, -0.1) is 0 Å². The molecule has 16 heavy (non-hydrogen) atoms. The van der Waals surface area contributed by atoms with Crippen molar-refractivity contribution in [3.8, 4) is 11.3 Å². The minimum atomic E-state index is 0.855. The first kappa shape index (κ1) is 9.04. The SMILES string of the molecule is [c]1c(-c2cccnn2)ccc2ccccc12. The lowest BCUT2D eigenvalue weighted by atomic mass is 10.1. The highest BCUT2D eigenvalue weighted by molar-refractivity contribution is 5.85. The van der Waals surface area contributed by atoms with E-state index in [0.29, 0.717) is 0 Å². The number of benzene rings is 2. The van der Waals surface area contributed by atoms with Crippen molar-refractivity contribution in [1.82, 2.24) is 10.2 Å². The fourth-order valence-corrected chi connectivity index (χ4v) is 1.71. The standard InChI is InChI=1S/C14H9N2/c1-2-5-12-10-13(8-7-11(12)4-1)14-6-3-9-15-16-14/h1-9H. The maximum Gasteiger partial charge on any atom is 0.0936 e. The molecule has 1 radical (unpaired) electrons. The highest BCUT2D eigenvalue weighted by atomic mass is 15.1. The van der Waals surface area contributed by atoms with Gasteiger partial charge < -0.3 is 0 Å². The predicted octanol–water partition coefficient (Wildman–Crippen LogP) is 3.10. The molecule has 3 rings (SSSR count). The third kappa shape index (κ3) is 1.54. The van der Waals surface area contributed by atoms with Gasteiger partial charge in [0.1, 0.15) is 0 Å². The highest BCUT2D eigenvalue weighted by Crippen LogP contribution is 2.21. The van der Waals surface area contributed by atoms with Gasteiger partial charge in [0.15, 0.2) is 0 Å². The normalized spacial score (nSPS) is 10.5. The number of hydrogen-bond donors (Lipinski definition) is 0. The summed E-state index contributed by atoms with van der Waals surface area (Å²) in [6.07, 6.45) is 1.67. The van der Waals surface area contributed by atoms with Gasteiger partial charge in [0.2, 0.25) is 0 Å². The van der Waals surface area contributed by atoms with Crippen LogP contribution in [0, 0.1) is 6.07 Å². The van der Waals surface area contributed by atoms with Crippen LogP contribution in [-0.2, 0) is 0 Å². The van der Waals surface area contributed by atoms with Crippen LogP contribution in [0.1, 0.15) is 0 Å². The van der Waals surface area contributed by atoms with Crippen LogP contribution >= 0.6 is 0 Å². The van der Waals surface area contributed by atoms with Crippen molar-refractivity contribution >= 4 is 10.8 Å². The second-order valence-corrected chi connectivity index (χ2v) is 3.57. The fourth-order valence-electron chi connectivity index (χ4n) is 1.71. The molecular weight excluding hydrogens is 196 g/mol. The molecule has 0 aliphatic carbocycles. The summed E-state index contributed by atoms with van der Waals surface area (Å²) in [5.41, 5.74) is 1.83. The van der Waals surface area contributed by atoms with E-state index in [4.69, 9.17) is 0 Å². The number of nitrogens with zero attached hydrogens (tertiary/aromatic N) is 2. The van der Waals surface area contributed by atoms with Crippen LogP contribution in [0.3, 0.4) is 0 Å². The summed E-state index contributed by atoms with van der Waals surface area (Å²) in [6, 6.07) is 19.4. The Morgan fingerprint density at radius 1 is 0.875 bits per heavy atom. The van der Waals surface area contributed by atoms with Gasteiger partial charge in [0, 0.05) is 17.8 Å². The van der Waals surface area contributed by atoms with E-state index >= 15 is 0 Å². The van der Waals surface area contributed by atoms with E-state index in [2.05, 4.69) is 34.5 Å². The lowest BCUT2D eigenvalue weighted by Gasteiger charge is -2.01. The van der Waals surface area contributed by atoms with Crippen LogP contribution in [0.5, 0.6) is 0 Å². The molecule has 0 aliphatic rings. The average molecular weight is 205 g/mol. The molecule has 0 N–H and O–H groups in total. The topological polar surface area (TPSA) is 25.8 Å². The van der Waals surface area contributed by atoms with Crippen molar-refractivity contribution < 1.29 is 0 Å². The number of rotatable bonds is 1. The molecule has 0 saturated carbocycles. The highest BCUT2D eigenvalue weighted by Gasteiger charge is 2.00. The van der Waals surface area contributed by atoms with E-state index in [9.17, 15) is 0 Å². The second-order valence-electron chi connectivity index (χ2n) is 3.57. The fraction of sp³-hybridized carbons (Fsp3) is 0. The maximum atomic E-state index is 4.07. The zero-order valence-electron chi connectivity index (χ0n) is 8.59. The number of hydrogen-bond acceptors (Lipinski definition) is 2. The molecule has 2 nitrogen and oxygen atoms in total. The molecule has 0 spiro atoms. The van der Waals surface area contributed by atoms with Crippen LogP contribution in [-0.4, -0.2) is 10.2 Å². The first-order valence-electron chi connectivity index (χ1n) is 5.13. The Morgan fingerprint density at radius 3 is 2.69 bits per heavy atom. The van der Waals surface area contributed by atoms with Gasteiger partial charge in [-0.2, -0.15) is 10.2 Å². The zero-order chi connectivity index (χ0) is 10.8. The van der Waals surface area contributed by atoms with Gasteiger partial charge in [0.05, 0.1) is 5.69 Å². The minimum absolute atomic E-state index is 0.855. The molecule has 75 valence electrons. The molecular formula is C14H9N2. The molecule has 1 aromatic heterocycles. The van der Waals surface area contributed by atoms with Crippen molar-refractivity contribution in [2.75, 3.05) is 0 Å². The first-order chi connectivity index (χ1) is 7.93. The van der Waals surface area contributed by atoms with Crippen molar-refractivity contribution in [2.24, 2.45) is 0 Å². The van der Waals surface area contributed by atoms with E-state index in [0.717, 1.165) is 16.6 Å². The van der Waals surface area contributed by atoms with Gasteiger partial charge in [-0.1, -0.05) is 36.4 Å². The van der Waals surface area contributed by atoms with E-state index in [1.807, 2.05) is 30.3 Å². The van der Waals surface area contributed by atoms with Gasteiger partial charge in [-0.3, -0.25) is 0 Å². The summed E-state index contributed by atoms with van der Waals surface area (Å²) in [5, 5.41) is 10.2. The summed E-state index contributed by atoms with van der Waals surface area (Å²) in [4.78, 5) is 0. The molecule has 0 bridgehead atoms. The Labute approximate surface area is 93.6 Å². The molecule has 3 aromatic rings. The van der Waals surface area contributed by atoms with Crippen molar-refractivity contribution in [3.63, 3.8) is 0 Å². The number of aromatic nitrogens is 2. The summed E-state index contributed by atoms with van der Waals surface area (Å²) >= 11 is 0. The Hall–Kier alpha value is -2.22. The predicted molar refractivity (Wildman–Crippen MR) is 63.8 cm³/mol. The minimum Gasteiger partial charge on any atom is -0.159 e. The molecule has 2 heteroatoms. The molecule has 1 heterocycles. The van der Waals surface area contributed by atoms with Crippen molar-refractivity contribution in [3.05, 3.63) is 60.8 Å². The summed E-state index contributed by atoms with van der Waals surface area (Å²) in [6.45, 7) is 0. The van der Waals surface area contributed by atoms with Crippen LogP contribution in [0.25, 0.3) is 22.0 Å². The van der Waals surface area contributed by atoms with Gasteiger partial charge >= 0.3 is 0 Å². The molecule has 0 unspecified atom stereocenters. The molecule has 0 fully saturated rings. The van der Waals surface area contributed by atoms with E-state index in [1.165, 1.54) is 5.39 Å². The summed E-state index contributed by atoms with van der Waals surface area (Å²) in [5.74, 6) is 0. The molecule has 0 amide bonds. The van der Waals surface area contributed by atoms with E-state index < -0.39 is 0 Å². The van der Waals surface area contributed by atoms with E-state index in [-0.39, 0.29) is 0 Å². The smallest absolute Gasteiger partial charge is 0.0936 e. The van der Waals surface area contributed by atoms with Crippen molar-refractivity contribution in [2.45, 2.75) is 0 Å². The van der Waals surface area contributed by atoms with Crippen LogP contribution in [0.2, 0.25) is 0 Å². The Balaban J connectivity index is 2.19. The van der Waals surface area contributed by atoms with Crippen LogP contribution < -0.4 is 0 Å². The average Bonchev–Trinajstić information content (AvgIpc) is 2.39. The Kier molecular flexibility index (Phi) is 2.11. The second kappa shape index (κ2) is 3.74. The van der Waals surface area contributed by atoms with Crippen LogP contribution in [0.4, 0.5) is 0 Å². The van der Waals surface area contributed by atoms with Crippen LogP contribution in [0.15, 0.2) is 54.7 Å².